The molecule has 0 aliphatic carbocycles. The van der Waals surface area contributed by atoms with Crippen molar-refractivity contribution in [3.63, 3.8) is 0 Å². The third-order valence-electron chi connectivity index (χ3n) is 4.64. The maximum atomic E-state index is 13.0. The van der Waals surface area contributed by atoms with Crippen LogP contribution in [0.25, 0.3) is 10.6 Å². The lowest BCUT2D eigenvalue weighted by molar-refractivity contribution is 0.106. The van der Waals surface area contributed by atoms with E-state index in [1.807, 2.05) is 6.92 Å². The highest BCUT2D eigenvalue weighted by molar-refractivity contribution is 7.85. The van der Waals surface area contributed by atoms with Crippen molar-refractivity contribution in [1.82, 2.24) is 9.97 Å². The van der Waals surface area contributed by atoms with Crippen LogP contribution in [0, 0.1) is 12.7 Å². The van der Waals surface area contributed by atoms with Crippen molar-refractivity contribution in [3.05, 3.63) is 101 Å². The maximum absolute atomic E-state index is 13.0. The summed E-state index contributed by atoms with van der Waals surface area (Å²) in [5.41, 5.74) is 1.42. The number of pyridine rings is 1. The van der Waals surface area contributed by atoms with Crippen molar-refractivity contribution < 1.29 is 22.5 Å². The molecule has 2 aromatic carbocycles. The minimum absolute atomic E-state index is 0.0666. The van der Waals surface area contributed by atoms with Gasteiger partial charge in [0.05, 0.1) is 9.77 Å². The Morgan fingerprint density at radius 3 is 2.12 bits per heavy atom. The molecular formula is C23H21FN2O4S2. The Kier molecular flexibility index (Phi) is 7.15. The molecule has 9 heteroatoms. The van der Waals surface area contributed by atoms with E-state index in [1.165, 1.54) is 35.6 Å². The molecule has 4 aromatic rings. The molecule has 4 rings (SSSR count). The first kappa shape index (κ1) is 23.7. The summed E-state index contributed by atoms with van der Waals surface area (Å²) in [6.45, 7) is 3.57. The predicted octanol–water partition coefficient (Wildman–Crippen LogP) is 4.84. The molecule has 0 bridgehead atoms. The second-order valence-electron chi connectivity index (χ2n) is 7.13. The van der Waals surface area contributed by atoms with E-state index >= 15 is 0 Å². The van der Waals surface area contributed by atoms with Crippen molar-refractivity contribution in [2.45, 2.75) is 24.3 Å². The summed E-state index contributed by atoms with van der Waals surface area (Å²) in [7, 11) is -4.02. The lowest BCUT2D eigenvalue weighted by atomic mass is 9.96. The number of hydrogen-bond donors (Lipinski definition) is 2. The summed E-state index contributed by atoms with van der Waals surface area (Å²) >= 11 is 1.39. The van der Waals surface area contributed by atoms with Gasteiger partial charge < -0.3 is 5.11 Å². The molecule has 32 heavy (non-hydrogen) atoms. The van der Waals surface area contributed by atoms with Crippen molar-refractivity contribution in [2.24, 2.45) is 0 Å². The van der Waals surface area contributed by atoms with E-state index in [4.69, 9.17) is 4.55 Å². The zero-order chi connectivity index (χ0) is 23.4. The lowest BCUT2D eigenvalue weighted by Crippen LogP contribution is -2.21. The van der Waals surface area contributed by atoms with Crippen LogP contribution in [0.1, 0.15) is 22.9 Å². The maximum Gasteiger partial charge on any atom is 0.294 e. The van der Waals surface area contributed by atoms with Gasteiger partial charge in [-0.05, 0) is 67.9 Å². The van der Waals surface area contributed by atoms with Crippen molar-refractivity contribution in [1.29, 1.82) is 0 Å². The molecule has 166 valence electrons. The minimum atomic E-state index is -4.02. The molecule has 2 heterocycles. The van der Waals surface area contributed by atoms with Gasteiger partial charge in [-0.2, -0.15) is 8.42 Å². The molecule has 0 radical (unpaired) electrons. The summed E-state index contributed by atoms with van der Waals surface area (Å²) in [4.78, 5) is 8.95. The van der Waals surface area contributed by atoms with Gasteiger partial charge in [-0.25, -0.2) is 9.37 Å². The molecule has 2 N–H and O–H groups in total. The van der Waals surface area contributed by atoms with Crippen LogP contribution in [0.5, 0.6) is 0 Å². The second kappa shape index (κ2) is 9.66. The molecular weight excluding hydrogens is 451 g/mol. The lowest BCUT2D eigenvalue weighted by Gasteiger charge is -2.21. The van der Waals surface area contributed by atoms with Gasteiger partial charge in [0.25, 0.3) is 10.1 Å². The normalized spacial score (nSPS) is 13.0. The fourth-order valence-electron chi connectivity index (χ4n) is 2.75. The fraction of sp³-hybridized carbons (Fsp3) is 0.130. The smallest absolute Gasteiger partial charge is 0.294 e. The molecule has 1 unspecified atom stereocenters. The molecule has 0 fully saturated rings. The number of nitrogens with zero attached hydrogens (tertiary/aromatic N) is 2. The number of aliphatic hydroxyl groups is 1. The van der Waals surface area contributed by atoms with Gasteiger partial charge in [-0.15, -0.1) is 11.3 Å². The Bertz CT molecular complexity index is 1270. The molecule has 0 saturated heterocycles. The Labute approximate surface area is 189 Å². The second-order valence-corrected chi connectivity index (χ2v) is 9.58. The highest BCUT2D eigenvalue weighted by atomic mass is 32.2. The third kappa shape index (κ3) is 5.83. The average molecular weight is 473 g/mol. The molecule has 0 amide bonds. The van der Waals surface area contributed by atoms with Gasteiger partial charge in [0.1, 0.15) is 16.4 Å². The van der Waals surface area contributed by atoms with E-state index in [9.17, 15) is 17.9 Å². The molecule has 0 aliphatic heterocycles. The Morgan fingerprint density at radius 1 is 0.969 bits per heavy atom. The van der Waals surface area contributed by atoms with Gasteiger partial charge in [-0.1, -0.05) is 17.7 Å². The Hall–Kier alpha value is -2.98. The number of halogens is 1. The Balaban J connectivity index is 0.000000222. The van der Waals surface area contributed by atoms with Crippen LogP contribution in [-0.2, 0) is 15.7 Å². The predicted molar refractivity (Wildman–Crippen MR) is 121 cm³/mol. The number of benzene rings is 2. The summed E-state index contributed by atoms with van der Waals surface area (Å²) in [6, 6.07) is 15.7. The topological polar surface area (TPSA) is 100 Å². The SMILES string of the molecule is CC(O)(c1ccncc1)c1cnc(-c2ccc(F)cc2)s1.Cc1ccc(S(=O)(=O)O)cc1. The molecule has 1 atom stereocenters. The summed E-state index contributed by atoms with van der Waals surface area (Å²) in [5.74, 6) is -0.278. The van der Waals surface area contributed by atoms with Crippen LogP contribution >= 0.6 is 11.3 Å². The highest BCUT2D eigenvalue weighted by Crippen LogP contribution is 2.35. The van der Waals surface area contributed by atoms with E-state index < -0.39 is 15.7 Å². The first-order valence-corrected chi connectivity index (χ1v) is 11.7. The first-order chi connectivity index (χ1) is 15.1. The van der Waals surface area contributed by atoms with E-state index in [0.29, 0.717) is 0 Å². The van der Waals surface area contributed by atoms with Gasteiger partial charge in [-0.3, -0.25) is 9.54 Å². The summed E-state index contributed by atoms with van der Waals surface area (Å²) in [5, 5.41) is 11.5. The van der Waals surface area contributed by atoms with Crippen LogP contribution in [0.2, 0.25) is 0 Å². The van der Waals surface area contributed by atoms with E-state index in [1.54, 1.807) is 61.9 Å². The number of aryl methyl sites for hydroxylation is 1. The van der Waals surface area contributed by atoms with Gasteiger partial charge >= 0.3 is 0 Å². The highest BCUT2D eigenvalue weighted by Gasteiger charge is 2.28. The van der Waals surface area contributed by atoms with E-state index in [0.717, 1.165) is 26.6 Å². The quantitative estimate of drug-likeness (QED) is 0.412. The van der Waals surface area contributed by atoms with Gasteiger partial charge in [0.2, 0.25) is 0 Å². The molecule has 0 saturated carbocycles. The first-order valence-electron chi connectivity index (χ1n) is 9.46. The average Bonchev–Trinajstić information content (AvgIpc) is 3.26. The molecule has 2 aromatic heterocycles. The standard InChI is InChI=1S/C16H13FN2OS.C7H8O3S/c1-16(20,12-6-8-18-9-7-12)14-10-19-15(21-14)11-2-4-13(17)5-3-11;1-6-2-4-7(5-3-6)11(8,9)10/h2-10,20H,1H3;2-5H,1H3,(H,8,9,10). The number of thiazole rings is 1. The van der Waals surface area contributed by atoms with Crippen LogP contribution in [-0.4, -0.2) is 28.0 Å². The van der Waals surface area contributed by atoms with Crippen LogP contribution in [0.3, 0.4) is 0 Å². The zero-order valence-electron chi connectivity index (χ0n) is 17.3. The number of hydrogen-bond acceptors (Lipinski definition) is 6. The van der Waals surface area contributed by atoms with Gasteiger partial charge in [0.15, 0.2) is 0 Å². The van der Waals surface area contributed by atoms with Crippen molar-refractivity contribution in [3.8, 4) is 10.6 Å². The van der Waals surface area contributed by atoms with Crippen LogP contribution in [0.15, 0.2) is 84.1 Å². The number of rotatable bonds is 4. The largest absolute Gasteiger partial charge is 0.380 e. The zero-order valence-corrected chi connectivity index (χ0v) is 18.9. The molecule has 6 nitrogen and oxygen atoms in total. The van der Waals surface area contributed by atoms with Crippen LogP contribution < -0.4 is 0 Å². The Morgan fingerprint density at radius 2 is 1.56 bits per heavy atom. The minimum Gasteiger partial charge on any atom is -0.380 e. The van der Waals surface area contributed by atoms with E-state index in [2.05, 4.69) is 9.97 Å². The van der Waals surface area contributed by atoms with Crippen molar-refractivity contribution in [2.75, 3.05) is 0 Å². The molecule has 0 spiro atoms. The van der Waals surface area contributed by atoms with E-state index in [-0.39, 0.29) is 10.7 Å². The van der Waals surface area contributed by atoms with Crippen molar-refractivity contribution >= 4 is 21.5 Å². The summed E-state index contributed by atoms with van der Waals surface area (Å²) in [6.07, 6.45) is 4.95. The van der Waals surface area contributed by atoms with Gasteiger partial charge in [0, 0.05) is 24.2 Å². The summed E-state index contributed by atoms with van der Waals surface area (Å²) < 4.78 is 42.5. The number of aromatic nitrogens is 2. The van der Waals surface area contributed by atoms with Crippen LogP contribution in [0.4, 0.5) is 4.39 Å². The molecule has 0 aliphatic rings. The third-order valence-corrected chi connectivity index (χ3v) is 6.76. The fourth-order valence-corrected chi connectivity index (χ4v) is 4.22. The monoisotopic (exact) mass is 472 g/mol.